The Bertz CT molecular complexity index is 188. The first kappa shape index (κ1) is 12.5. The molecule has 15 heavy (non-hydrogen) atoms. The summed E-state index contributed by atoms with van der Waals surface area (Å²) >= 11 is 0. The zero-order valence-electron chi connectivity index (χ0n) is 9.67. The van der Waals surface area contributed by atoms with Gasteiger partial charge in [-0.15, -0.1) is 0 Å². The molecule has 0 radical (unpaired) electrons. The largest absolute Gasteiger partial charge is 0.340 e. The molecule has 0 bridgehead atoms. The van der Waals surface area contributed by atoms with Gasteiger partial charge in [0.2, 0.25) is 5.91 Å². The zero-order chi connectivity index (χ0) is 11.1. The molecule has 3 N–H and O–H groups in total. The molecule has 1 saturated heterocycles. The molecule has 0 aromatic carbocycles. The number of amides is 1. The highest BCUT2D eigenvalue weighted by atomic mass is 16.2. The van der Waals surface area contributed by atoms with Crippen LogP contribution in [0.2, 0.25) is 0 Å². The molecule has 0 spiro atoms. The fraction of sp³-hybridized carbons (Fsp3) is 0.909. The number of unbranched alkanes of at least 4 members (excludes halogenated alkanes) is 1. The molecule has 1 rings (SSSR count). The van der Waals surface area contributed by atoms with Crippen LogP contribution in [-0.4, -0.2) is 43.0 Å². The van der Waals surface area contributed by atoms with E-state index in [2.05, 4.69) is 12.2 Å². The van der Waals surface area contributed by atoms with Gasteiger partial charge >= 0.3 is 0 Å². The number of nitrogens with two attached hydrogens (primary N) is 1. The van der Waals surface area contributed by atoms with Crippen molar-refractivity contribution in [3.8, 4) is 0 Å². The maximum atomic E-state index is 11.9. The predicted octanol–water partition coefficient (Wildman–Crippen LogP) is 0.326. The van der Waals surface area contributed by atoms with Crippen LogP contribution in [-0.2, 0) is 4.79 Å². The van der Waals surface area contributed by atoms with Gasteiger partial charge < -0.3 is 16.0 Å². The highest BCUT2D eigenvalue weighted by Crippen LogP contribution is 2.04. The van der Waals surface area contributed by atoms with Crippen molar-refractivity contribution in [2.75, 3.05) is 26.2 Å². The Labute approximate surface area is 92.2 Å². The number of nitrogens with one attached hydrogen (secondary N) is 1. The summed E-state index contributed by atoms with van der Waals surface area (Å²) in [6.07, 6.45) is 3.99. The molecule has 4 heteroatoms. The fourth-order valence-electron chi connectivity index (χ4n) is 1.85. The summed E-state index contributed by atoms with van der Waals surface area (Å²) in [6.45, 7) is 5.68. The quantitative estimate of drug-likeness (QED) is 0.707. The summed E-state index contributed by atoms with van der Waals surface area (Å²) in [6, 6.07) is -0.289. The van der Waals surface area contributed by atoms with E-state index in [4.69, 9.17) is 5.73 Å². The molecular weight excluding hydrogens is 190 g/mol. The normalized spacial score (nSPS) is 19.7. The van der Waals surface area contributed by atoms with E-state index >= 15 is 0 Å². The first-order chi connectivity index (χ1) is 7.25. The predicted molar refractivity (Wildman–Crippen MR) is 61.6 cm³/mol. The monoisotopic (exact) mass is 213 g/mol. The average Bonchev–Trinajstić information content (AvgIpc) is 2.53. The lowest BCUT2D eigenvalue weighted by Crippen LogP contribution is -2.45. The van der Waals surface area contributed by atoms with E-state index in [1.807, 2.05) is 4.90 Å². The number of carbonyl (C=O) groups is 1. The Balaban J connectivity index is 2.35. The van der Waals surface area contributed by atoms with Crippen LogP contribution in [0.25, 0.3) is 0 Å². The van der Waals surface area contributed by atoms with Crippen LogP contribution in [0, 0.1) is 0 Å². The lowest BCUT2D eigenvalue weighted by Gasteiger charge is -2.23. The highest BCUT2D eigenvalue weighted by Gasteiger charge is 2.20. The van der Waals surface area contributed by atoms with Crippen LogP contribution in [0.3, 0.4) is 0 Å². The smallest absolute Gasteiger partial charge is 0.239 e. The first-order valence-corrected chi connectivity index (χ1v) is 6.00. The number of hydrogen-bond donors (Lipinski definition) is 2. The summed E-state index contributed by atoms with van der Waals surface area (Å²) in [4.78, 5) is 13.8. The summed E-state index contributed by atoms with van der Waals surface area (Å²) in [7, 11) is 0. The molecule has 0 aromatic heterocycles. The van der Waals surface area contributed by atoms with Crippen LogP contribution in [0.4, 0.5) is 0 Å². The Hall–Kier alpha value is -0.610. The molecule has 0 unspecified atom stereocenters. The number of carbonyl (C=O) groups excluding carboxylic acids is 1. The number of hydrogen-bond acceptors (Lipinski definition) is 3. The molecule has 0 aromatic rings. The molecule has 1 heterocycles. The zero-order valence-corrected chi connectivity index (χ0v) is 9.67. The summed E-state index contributed by atoms with van der Waals surface area (Å²) in [5.74, 6) is 0.132. The van der Waals surface area contributed by atoms with Crippen molar-refractivity contribution >= 4 is 5.91 Å². The molecule has 1 atom stereocenters. The van der Waals surface area contributed by atoms with Crippen molar-refractivity contribution < 1.29 is 4.79 Å². The SMILES string of the molecule is CCCC[C@H](N)C(=O)N1CCCNCC1. The van der Waals surface area contributed by atoms with Crippen molar-refractivity contribution in [3.05, 3.63) is 0 Å². The van der Waals surface area contributed by atoms with E-state index in [1.165, 1.54) is 0 Å². The van der Waals surface area contributed by atoms with Gasteiger partial charge in [0.15, 0.2) is 0 Å². The molecule has 1 aliphatic heterocycles. The Morgan fingerprint density at radius 3 is 3.00 bits per heavy atom. The second-order valence-electron chi connectivity index (χ2n) is 4.18. The van der Waals surface area contributed by atoms with Crippen LogP contribution in [0.1, 0.15) is 32.6 Å². The van der Waals surface area contributed by atoms with E-state index in [0.717, 1.165) is 51.9 Å². The minimum Gasteiger partial charge on any atom is -0.340 e. The van der Waals surface area contributed by atoms with Gasteiger partial charge in [-0.1, -0.05) is 19.8 Å². The third kappa shape index (κ3) is 4.18. The van der Waals surface area contributed by atoms with E-state index in [1.54, 1.807) is 0 Å². The van der Waals surface area contributed by atoms with Crippen LogP contribution < -0.4 is 11.1 Å². The Kier molecular flexibility index (Phi) is 5.65. The maximum Gasteiger partial charge on any atom is 0.239 e. The van der Waals surface area contributed by atoms with E-state index in [9.17, 15) is 4.79 Å². The van der Waals surface area contributed by atoms with Gasteiger partial charge in [0.1, 0.15) is 0 Å². The molecule has 4 nitrogen and oxygen atoms in total. The lowest BCUT2D eigenvalue weighted by molar-refractivity contribution is -0.132. The van der Waals surface area contributed by atoms with Crippen molar-refractivity contribution in [1.82, 2.24) is 10.2 Å². The Morgan fingerprint density at radius 1 is 1.47 bits per heavy atom. The molecule has 0 saturated carbocycles. The highest BCUT2D eigenvalue weighted by molar-refractivity contribution is 5.81. The number of rotatable bonds is 4. The summed E-state index contributed by atoms with van der Waals surface area (Å²) in [5.41, 5.74) is 5.87. The summed E-state index contributed by atoms with van der Waals surface area (Å²) in [5, 5.41) is 3.28. The molecule has 1 amide bonds. The lowest BCUT2D eigenvalue weighted by atomic mass is 10.1. The minimum atomic E-state index is -0.289. The van der Waals surface area contributed by atoms with Crippen LogP contribution >= 0.6 is 0 Å². The van der Waals surface area contributed by atoms with Crippen molar-refractivity contribution in [2.45, 2.75) is 38.6 Å². The minimum absolute atomic E-state index is 0.132. The van der Waals surface area contributed by atoms with E-state index in [-0.39, 0.29) is 11.9 Å². The van der Waals surface area contributed by atoms with E-state index in [0.29, 0.717) is 0 Å². The fourth-order valence-corrected chi connectivity index (χ4v) is 1.85. The van der Waals surface area contributed by atoms with Gasteiger partial charge in [-0.05, 0) is 19.4 Å². The molecule has 1 aliphatic rings. The van der Waals surface area contributed by atoms with Crippen molar-refractivity contribution in [3.63, 3.8) is 0 Å². The molecular formula is C11H23N3O. The van der Waals surface area contributed by atoms with Gasteiger partial charge in [-0.25, -0.2) is 0 Å². The summed E-state index contributed by atoms with van der Waals surface area (Å²) < 4.78 is 0. The maximum absolute atomic E-state index is 11.9. The van der Waals surface area contributed by atoms with Gasteiger partial charge in [-0.2, -0.15) is 0 Å². The topological polar surface area (TPSA) is 58.4 Å². The average molecular weight is 213 g/mol. The Morgan fingerprint density at radius 2 is 2.27 bits per heavy atom. The van der Waals surface area contributed by atoms with Gasteiger partial charge in [0.25, 0.3) is 0 Å². The van der Waals surface area contributed by atoms with Gasteiger partial charge in [0, 0.05) is 19.6 Å². The third-order valence-corrected chi connectivity index (χ3v) is 2.84. The third-order valence-electron chi connectivity index (χ3n) is 2.84. The molecule has 1 fully saturated rings. The number of nitrogens with zero attached hydrogens (tertiary/aromatic N) is 1. The van der Waals surface area contributed by atoms with Crippen LogP contribution in [0.15, 0.2) is 0 Å². The second kappa shape index (κ2) is 6.80. The van der Waals surface area contributed by atoms with Crippen LogP contribution in [0.5, 0.6) is 0 Å². The molecule has 88 valence electrons. The van der Waals surface area contributed by atoms with Gasteiger partial charge in [-0.3, -0.25) is 4.79 Å². The van der Waals surface area contributed by atoms with E-state index < -0.39 is 0 Å². The second-order valence-corrected chi connectivity index (χ2v) is 4.18. The van der Waals surface area contributed by atoms with Gasteiger partial charge in [0.05, 0.1) is 6.04 Å². The first-order valence-electron chi connectivity index (χ1n) is 6.00. The van der Waals surface area contributed by atoms with Crippen molar-refractivity contribution in [2.24, 2.45) is 5.73 Å². The molecule has 0 aliphatic carbocycles. The van der Waals surface area contributed by atoms with Crippen molar-refractivity contribution in [1.29, 1.82) is 0 Å². The standard InChI is InChI=1S/C11H23N3O/c1-2-3-5-10(12)11(15)14-8-4-6-13-7-9-14/h10,13H,2-9,12H2,1H3/t10-/m0/s1.